The highest BCUT2D eigenvalue weighted by Crippen LogP contribution is 2.32. The highest BCUT2D eigenvalue weighted by atomic mass is 32.1. The topological polar surface area (TPSA) is 12.0 Å². The monoisotopic (exact) mass is 259 g/mol. The van der Waals surface area contributed by atoms with Crippen LogP contribution in [-0.2, 0) is 0 Å². The second-order valence-corrected chi connectivity index (χ2v) is 5.47. The van der Waals surface area contributed by atoms with Crippen LogP contribution >= 0.6 is 11.3 Å². The van der Waals surface area contributed by atoms with Gasteiger partial charge in [-0.05, 0) is 48.2 Å². The second-order valence-electron chi connectivity index (χ2n) is 4.56. The Balaban J connectivity index is 2.25. The molecule has 0 fully saturated rings. The zero-order valence-electron chi connectivity index (χ0n) is 11.0. The van der Waals surface area contributed by atoms with Gasteiger partial charge in [-0.15, -0.1) is 17.9 Å². The molecule has 1 aromatic heterocycles. The van der Waals surface area contributed by atoms with Crippen LogP contribution in [0.15, 0.2) is 42.3 Å². The molecule has 0 aliphatic rings. The zero-order chi connectivity index (χ0) is 12.8. The molecular weight excluding hydrogens is 238 g/mol. The van der Waals surface area contributed by atoms with Gasteiger partial charge in [0, 0.05) is 10.7 Å². The van der Waals surface area contributed by atoms with Crippen LogP contribution in [0.3, 0.4) is 0 Å². The molecule has 2 heteroatoms. The SMILES string of the molecule is C=CCCC(NCCC)c1csc2ccccc12. The van der Waals surface area contributed by atoms with Crippen molar-refractivity contribution in [2.75, 3.05) is 6.54 Å². The third-order valence-electron chi connectivity index (χ3n) is 3.19. The Morgan fingerprint density at radius 1 is 1.39 bits per heavy atom. The number of fused-ring (bicyclic) bond motifs is 1. The minimum absolute atomic E-state index is 0.457. The van der Waals surface area contributed by atoms with Crippen molar-refractivity contribution in [2.45, 2.75) is 32.2 Å². The number of hydrogen-bond donors (Lipinski definition) is 1. The van der Waals surface area contributed by atoms with Crippen LogP contribution < -0.4 is 5.32 Å². The van der Waals surface area contributed by atoms with Crippen LogP contribution in [0.4, 0.5) is 0 Å². The van der Waals surface area contributed by atoms with Crippen LogP contribution in [0.1, 0.15) is 37.8 Å². The molecule has 0 saturated heterocycles. The molecule has 18 heavy (non-hydrogen) atoms. The van der Waals surface area contributed by atoms with E-state index in [9.17, 15) is 0 Å². The maximum atomic E-state index is 3.83. The van der Waals surface area contributed by atoms with Gasteiger partial charge in [0.25, 0.3) is 0 Å². The first-order valence-corrected chi connectivity index (χ1v) is 7.55. The number of rotatable bonds is 7. The van der Waals surface area contributed by atoms with Gasteiger partial charge in [-0.3, -0.25) is 0 Å². The Morgan fingerprint density at radius 3 is 3.00 bits per heavy atom. The highest BCUT2D eigenvalue weighted by molar-refractivity contribution is 7.17. The smallest absolute Gasteiger partial charge is 0.0346 e. The zero-order valence-corrected chi connectivity index (χ0v) is 11.8. The van der Waals surface area contributed by atoms with Crippen molar-refractivity contribution in [3.8, 4) is 0 Å². The lowest BCUT2D eigenvalue weighted by Crippen LogP contribution is -2.21. The van der Waals surface area contributed by atoms with E-state index in [0.29, 0.717) is 6.04 Å². The molecule has 96 valence electrons. The van der Waals surface area contributed by atoms with Crippen molar-refractivity contribution in [3.63, 3.8) is 0 Å². The number of nitrogens with one attached hydrogen (secondary N) is 1. The quantitative estimate of drug-likeness (QED) is 0.697. The van der Waals surface area contributed by atoms with Crippen LogP contribution in [0.5, 0.6) is 0 Å². The molecule has 0 aliphatic heterocycles. The van der Waals surface area contributed by atoms with Crippen molar-refractivity contribution in [2.24, 2.45) is 0 Å². The Kier molecular flexibility index (Phi) is 4.97. The summed E-state index contributed by atoms with van der Waals surface area (Å²) in [6.45, 7) is 7.12. The molecule has 0 spiro atoms. The molecule has 2 aromatic rings. The summed E-state index contributed by atoms with van der Waals surface area (Å²) in [6, 6.07) is 9.13. The summed E-state index contributed by atoms with van der Waals surface area (Å²) >= 11 is 1.84. The van der Waals surface area contributed by atoms with E-state index >= 15 is 0 Å². The number of hydrogen-bond acceptors (Lipinski definition) is 2. The normalized spacial score (nSPS) is 12.7. The fourth-order valence-electron chi connectivity index (χ4n) is 2.24. The van der Waals surface area contributed by atoms with Gasteiger partial charge < -0.3 is 5.32 Å². The number of thiophene rings is 1. The standard InChI is InChI=1S/C16H21NS/c1-3-5-9-15(17-11-4-2)14-12-18-16-10-7-6-8-13(14)16/h3,6-8,10,12,15,17H,1,4-5,9,11H2,2H3. The number of benzene rings is 1. The molecule has 1 heterocycles. The molecule has 1 nitrogen and oxygen atoms in total. The fraction of sp³-hybridized carbons (Fsp3) is 0.375. The summed E-state index contributed by atoms with van der Waals surface area (Å²) in [7, 11) is 0. The van der Waals surface area contributed by atoms with Crippen LogP contribution in [0, 0.1) is 0 Å². The predicted octanol–water partition coefficient (Wildman–Crippen LogP) is 4.91. The highest BCUT2D eigenvalue weighted by Gasteiger charge is 2.14. The largest absolute Gasteiger partial charge is 0.310 e. The van der Waals surface area contributed by atoms with Gasteiger partial charge in [-0.1, -0.05) is 31.2 Å². The third-order valence-corrected chi connectivity index (χ3v) is 4.17. The Morgan fingerprint density at radius 2 is 2.22 bits per heavy atom. The lowest BCUT2D eigenvalue weighted by atomic mass is 10.0. The molecule has 0 saturated carbocycles. The molecular formula is C16H21NS. The second kappa shape index (κ2) is 6.72. The molecule has 0 radical (unpaired) electrons. The number of allylic oxidation sites excluding steroid dienone is 1. The molecule has 1 unspecified atom stereocenters. The van der Waals surface area contributed by atoms with Crippen LogP contribution in [0.2, 0.25) is 0 Å². The maximum absolute atomic E-state index is 3.83. The average Bonchev–Trinajstić information content (AvgIpc) is 2.83. The van der Waals surface area contributed by atoms with E-state index < -0.39 is 0 Å². The van der Waals surface area contributed by atoms with Crippen LogP contribution in [-0.4, -0.2) is 6.54 Å². The minimum atomic E-state index is 0.457. The predicted molar refractivity (Wildman–Crippen MR) is 82.3 cm³/mol. The van der Waals surface area contributed by atoms with Gasteiger partial charge >= 0.3 is 0 Å². The summed E-state index contributed by atoms with van der Waals surface area (Å²) in [5.74, 6) is 0. The van der Waals surface area contributed by atoms with Gasteiger partial charge in [-0.2, -0.15) is 0 Å². The third kappa shape index (κ3) is 3.01. The lowest BCUT2D eigenvalue weighted by molar-refractivity contribution is 0.507. The Bertz CT molecular complexity index is 501. The first-order valence-electron chi connectivity index (χ1n) is 6.67. The summed E-state index contributed by atoms with van der Waals surface area (Å²) < 4.78 is 1.38. The molecule has 1 atom stereocenters. The van der Waals surface area contributed by atoms with Crippen molar-refractivity contribution in [1.29, 1.82) is 0 Å². The van der Waals surface area contributed by atoms with E-state index in [1.54, 1.807) is 0 Å². The van der Waals surface area contributed by atoms with Gasteiger partial charge in [0.05, 0.1) is 0 Å². The summed E-state index contributed by atoms with van der Waals surface area (Å²) in [6.07, 6.45) is 5.37. The van der Waals surface area contributed by atoms with Gasteiger partial charge in [0.15, 0.2) is 0 Å². The molecule has 0 aliphatic carbocycles. The first-order chi connectivity index (χ1) is 8.86. The van der Waals surface area contributed by atoms with Gasteiger partial charge in [0.1, 0.15) is 0 Å². The van der Waals surface area contributed by atoms with E-state index in [2.05, 4.69) is 48.5 Å². The van der Waals surface area contributed by atoms with E-state index in [4.69, 9.17) is 0 Å². The van der Waals surface area contributed by atoms with Crippen molar-refractivity contribution in [3.05, 3.63) is 47.9 Å². The molecule has 2 rings (SSSR count). The fourth-order valence-corrected chi connectivity index (χ4v) is 3.25. The van der Waals surface area contributed by atoms with Crippen LogP contribution in [0.25, 0.3) is 10.1 Å². The first kappa shape index (κ1) is 13.3. The molecule has 0 bridgehead atoms. The maximum Gasteiger partial charge on any atom is 0.0346 e. The average molecular weight is 259 g/mol. The van der Waals surface area contributed by atoms with E-state index in [1.807, 2.05) is 17.4 Å². The van der Waals surface area contributed by atoms with Crippen molar-refractivity contribution >= 4 is 21.4 Å². The summed E-state index contributed by atoms with van der Waals surface area (Å²) in [4.78, 5) is 0. The molecule has 0 amide bonds. The van der Waals surface area contributed by atoms with Crippen molar-refractivity contribution < 1.29 is 0 Å². The van der Waals surface area contributed by atoms with E-state index in [-0.39, 0.29) is 0 Å². The summed E-state index contributed by atoms with van der Waals surface area (Å²) in [5, 5.41) is 7.37. The lowest BCUT2D eigenvalue weighted by Gasteiger charge is -2.17. The molecule has 1 N–H and O–H groups in total. The summed E-state index contributed by atoms with van der Waals surface area (Å²) in [5.41, 5.74) is 1.45. The van der Waals surface area contributed by atoms with E-state index in [0.717, 1.165) is 19.4 Å². The minimum Gasteiger partial charge on any atom is -0.310 e. The van der Waals surface area contributed by atoms with Gasteiger partial charge in [0.2, 0.25) is 0 Å². The Labute approximate surface area is 114 Å². The van der Waals surface area contributed by atoms with Crippen molar-refractivity contribution in [1.82, 2.24) is 5.32 Å². The molecule has 1 aromatic carbocycles. The van der Waals surface area contributed by atoms with E-state index in [1.165, 1.54) is 22.1 Å². The Hall–Kier alpha value is -1.12. The van der Waals surface area contributed by atoms with Gasteiger partial charge in [-0.25, -0.2) is 0 Å².